The van der Waals surface area contributed by atoms with Gasteiger partial charge in [0.25, 0.3) is 0 Å². The van der Waals surface area contributed by atoms with E-state index in [-0.39, 0.29) is 12.5 Å². The Balaban J connectivity index is 2.33. The van der Waals surface area contributed by atoms with E-state index >= 15 is 0 Å². The molecule has 1 aromatic rings. The van der Waals surface area contributed by atoms with E-state index in [1.54, 1.807) is 0 Å². The zero-order valence-corrected chi connectivity index (χ0v) is 10.8. The van der Waals surface area contributed by atoms with Crippen LogP contribution in [0.25, 0.3) is 0 Å². The summed E-state index contributed by atoms with van der Waals surface area (Å²) in [7, 11) is 0. The highest BCUT2D eigenvalue weighted by atomic mass is 16.3. The molecule has 0 bridgehead atoms. The second-order valence-corrected chi connectivity index (χ2v) is 4.48. The lowest BCUT2D eigenvalue weighted by Gasteiger charge is -2.14. The van der Waals surface area contributed by atoms with Crippen molar-refractivity contribution in [3.63, 3.8) is 0 Å². The van der Waals surface area contributed by atoms with E-state index in [1.807, 2.05) is 37.3 Å². The monoisotopic (exact) mass is 250 g/mol. The number of carbonyl (C=O) groups is 1. The van der Waals surface area contributed by atoms with Gasteiger partial charge >= 0.3 is 0 Å². The summed E-state index contributed by atoms with van der Waals surface area (Å²) in [4.78, 5) is 11.7. The molecule has 100 valence electrons. The van der Waals surface area contributed by atoms with Gasteiger partial charge in [-0.15, -0.1) is 0 Å². The number of carbonyl (C=O) groups excluding carboxylic acids is 1. The van der Waals surface area contributed by atoms with Crippen LogP contribution in [-0.2, 0) is 11.2 Å². The zero-order chi connectivity index (χ0) is 13.4. The van der Waals surface area contributed by atoms with Crippen LogP contribution < -0.4 is 11.1 Å². The molecule has 4 heteroatoms. The number of hydrogen-bond acceptors (Lipinski definition) is 3. The third-order valence-electron chi connectivity index (χ3n) is 2.77. The lowest BCUT2D eigenvalue weighted by atomic mass is 10.1. The molecule has 2 unspecified atom stereocenters. The maximum atomic E-state index is 11.7. The second kappa shape index (κ2) is 7.84. The molecule has 0 aromatic heterocycles. The van der Waals surface area contributed by atoms with Gasteiger partial charge in [0, 0.05) is 6.54 Å². The second-order valence-electron chi connectivity index (χ2n) is 4.48. The maximum absolute atomic E-state index is 11.7. The van der Waals surface area contributed by atoms with Gasteiger partial charge in [-0.3, -0.25) is 4.79 Å². The Kier molecular flexibility index (Phi) is 6.39. The first-order valence-corrected chi connectivity index (χ1v) is 6.38. The quantitative estimate of drug-likeness (QED) is 0.671. The molecule has 18 heavy (non-hydrogen) atoms. The minimum absolute atomic E-state index is 0.214. The van der Waals surface area contributed by atoms with Crippen LogP contribution in [0.5, 0.6) is 0 Å². The van der Waals surface area contributed by atoms with Crippen LogP contribution in [0, 0.1) is 0 Å². The van der Waals surface area contributed by atoms with E-state index in [0.29, 0.717) is 12.8 Å². The highest BCUT2D eigenvalue weighted by Crippen LogP contribution is 2.02. The van der Waals surface area contributed by atoms with Gasteiger partial charge in [0.05, 0.1) is 12.1 Å². The summed E-state index contributed by atoms with van der Waals surface area (Å²) in [6.45, 7) is 2.27. The molecule has 0 saturated carbocycles. The van der Waals surface area contributed by atoms with Gasteiger partial charge in [0.2, 0.25) is 5.91 Å². The topological polar surface area (TPSA) is 75.3 Å². The minimum Gasteiger partial charge on any atom is -0.391 e. The van der Waals surface area contributed by atoms with Gasteiger partial charge in [0.1, 0.15) is 0 Å². The van der Waals surface area contributed by atoms with Crippen molar-refractivity contribution in [1.29, 1.82) is 0 Å². The van der Waals surface area contributed by atoms with Crippen molar-refractivity contribution < 1.29 is 9.90 Å². The Morgan fingerprint density at radius 3 is 2.67 bits per heavy atom. The van der Waals surface area contributed by atoms with E-state index in [9.17, 15) is 9.90 Å². The summed E-state index contributed by atoms with van der Waals surface area (Å²) in [5.74, 6) is -0.214. The molecule has 1 aromatic carbocycles. The first-order chi connectivity index (χ1) is 8.63. The van der Waals surface area contributed by atoms with Gasteiger partial charge in [0.15, 0.2) is 0 Å². The number of aliphatic hydroxyl groups excluding tert-OH is 1. The average Bonchev–Trinajstić information content (AvgIpc) is 2.37. The van der Waals surface area contributed by atoms with Crippen LogP contribution in [0.2, 0.25) is 0 Å². The smallest absolute Gasteiger partial charge is 0.237 e. The molecule has 0 aliphatic carbocycles. The van der Waals surface area contributed by atoms with Crippen LogP contribution >= 0.6 is 0 Å². The number of nitrogens with two attached hydrogens (primary N) is 1. The molecule has 0 fully saturated rings. The van der Waals surface area contributed by atoms with Gasteiger partial charge in [-0.05, 0) is 18.4 Å². The van der Waals surface area contributed by atoms with Crippen molar-refractivity contribution in [1.82, 2.24) is 5.32 Å². The molecule has 2 atom stereocenters. The molecule has 0 spiro atoms. The van der Waals surface area contributed by atoms with E-state index in [2.05, 4.69) is 5.32 Å². The average molecular weight is 250 g/mol. The number of aliphatic hydroxyl groups is 1. The predicted molar refractivity (Wildman–Crippen MR) is 72.0 cm³/mol. The number of rotatable bonds is 7. The first-order valence-electron chi connectivity index (χ1n) is 6.38. The SMILES string of the molecule is CCCC(O)CNC(=O)C(N)Cc1ccccc1. The number of amides is 1. The predicted octanol–water partition coefficient (Wildman–Crippen LogP) is 0.834. The van der Waals surface area contributed by atoms with E-state index in [0.717, 1.165) is 12.0 Å². The Morgan fingerprint density at radius 1 is 1.39 bits per heavy atom. The molecule has 4 N–H and O–H groups in total. The summed E-state index contributed by atoms with van der Waals surface area (Å²) < 4.78 is 0. The van der Waals surface area contributed by atoms with Crippen molar-refractivity contribution in [2.24, 2.45) is 5.73 Å². The van der Waals surface area contributed by atoms with E-state index in [4.69, 9.17) is 5.73 Å². The fourth-order valence-corrected chi connectivity index (χ4v) is 1.75. The van der Waals surface area contributed by atoms with Gasteiger partial charge < -0.3 is 16.2 Å². The molecule has 0 radical (unpaired) electrons. The van der Waals surface area contributed by atoms with E-state index < -0.39 is 12.1 Å². The van der Waals surface area contributed by atoms with Crippen LogP contribution in [-0.4, -0.2) is 29.7 Å². The van der Waals surface area contributed by atoms with E-state index in [1.165, 1.54) is 0 Å². The third-order valence-corrected chi connectivity index (χ3v) is 2.77. The summed E-state index contributed by atoms with van der Waals surface area (Å²) in [5, 5.41) is 12.2. The number of benzene rings is 1. The third kappa shape index (κ3) is 5.29. The van der Waals surface area contributed by atoms with Crippen molar-refractivity contribution >= 4 is 5.91 Å². The fourth-order valence-electron chi connectivity index (χ4n) is 1.75. The summed E-state index contributed by atoms with van der Waals surface area (Å²) in [6, 6.07) is 9.09. The minimum atomic E-state index is -0.568. The summed E-state index contributed by atoms with van der Waals surface area (Å²) >= 11 is 0. The van der Waals surface area contributed by atoms with Crippen LogP contribution in [0.4, 0.5) is 0 Å². The van der Waals surface area contributed by atoms with Crippen LogP contribution in [0.1, 0.15) is 25.3 Å². The summed E-state index contributed by atoms with van der Waals surface area (Å²) in [6.07, 6.45) is 1.61. The molecule has 0 aliphatic rings. The number of hydrogen-bond donors (Lipinski definition) is 3. The molecule has 0 aliphatic heterocycles. The molecular weight excluding hydrogens is 228 g/mol. The van der Waals surface area contributed by atoms with Crippen molar-refractivity contribution in [2.75, 3.05) is 6.54 Å². The Morgan fingerprint density at radius 2 is 2.06 bits per heavy atom. The molecular formula is C14H22N2O2. The molecule has 0 heterocycles. The van der Waals surface area contributed by atoms with Gasteiger partial charge in [-0.1, -0.05) is 43.7 Å². The molecule has 1 rings (SSSR count). The van der Waals surface area contributed by atoms with Crippen LogP contribution in [0.3, 0.4) is 0 Å². The lowest BCUT2D eigenvalue weighted by Crippen LogP contribution is -2.44. The van der Waals surface area contributed by atoms with Crippen LogP contribution in [0.15, 0.2) is 30.3 Å². The Labute approximate surface area is 108 Å². The lowest BCUT2D eigenvalue weighted by molar-refractivity contribution is -0.122. The van der Waals surface area contributed by atoms with Gasteiger partial charge in [-0.25, -0.2) is 0 Å². The highest BCUT2D eigenvalue weighted by molar-refractivity contribution is 5.81. The van der Waals surface area contributed by atoms with Crippen molar-refractivity contribution in [2.45, 2.75) is 38.3 Å². The standard InChI is InChI=1S/C14H22N2O2/c1-2-6-12(17)10-16-14(18)13(15)9-11-7-4-3-5-8-11/h3-5,7-8,12-13,17H,2,6,9-10,15H2,1H3,(H,16,18). The highest BCUT2D eigenvalue weighted by Gasteiger charge is 2.14. The number of nitrogens with one attached hydrogen (secondary N) is 1. The Bertz CT molecular complexity index is 354. The van der Waals surface area contributed by atoms with Gasteiger partial charge in [-0.2, -0.15) is 0 Å². The molecule has 0 saturated heterocycles. The zero-order valence-electron chi connectivity index (χ0n) is 10.8. The normalized spacial score (nSPS) is 13.9. The Hall–Kier alpha value is -1.39. The summed E-state index contributed by atoms with van der Waals surface area (Å²) in [5.41, 5.74) is 6.85. The van der Waals surface area contributed by atoms with Crippen molar-refractivity contribution in [3.8, 4) is 0 Å². The fraction of sp³-hybridized carbons (Fsp3) is 0.500. The maximum Gasteiger partial charge on any atom is 0.237 e. The molecule has 4 nitrogen and oxygen atoms in total. The first kappa shape index (κ1) is 14.7. The van der Waals surface area contributed by atoms with Crippen molar-refractivity contribution in [3.05, 3.63) is 35.9 Å². The largest absolute Gasteiger partial charge is 0.391 e. The molecule has 1 amide bonds.